The van der Waals surface area contributed by atoms with Crippen LogP contribution in [-0.2, 0) is 10.0 Å². The highest BCUT2D eigenvalue weighted by atomic mass is 35.5. The van der Waals surface area contributed by atoms with E-state index in [1.165, 1.54) is 37.4 Å². The lowest BCUT2D eigenvalue weighted by atomic mass is 10.2. The van der Waals surface area contributed by atoms with Crippen molar-refractivity contribution in [2.24, 2.45) is 5.73 Å². The number of benzene rings is 2. The number of thiazole rings is 1. The Balaban J connectivity index is 2.19. The molecular formula is C18H14ClF2N3O3S2. The molecule has 6 nitrogen and oxygen atoms in total. The fourth-order valence-corrected chi connectivity index (χ4v) is 5.27. The lowest BCUT2D eigenvalue weighted by Crippen LogP contribution is -2.34. The molecule has 11 heteroatoms. The quantitative estimate of drug-likeness (QED) is 0.602. The molecule has 3 aromatic rings. The number of primary amides is 1. The largest absolute Gasteiger partial charge is 0.364 e. The van der Waals surface area contributed by atoms with Crippen LogP contribution in [0.4, 0.5) is 14.5 Å². The van der Waals surface area contributed by atoms with Crippen molar-refractivity contribution < 1.29 is 22.0 Å². The van der Waals surface area contributed by atoms with Crippen LogP contribution in [0.2, 0.25) is 5.02 Å². The number of hydrogen-bond acceptors (Lipinski definition) is 5. The van der Waals surface area contributed by atoms with Crippen molar-refractivity contribution in [3.63, 3.8) is 0 Å². The third-order valence-electron chi connectivity index (χ3n) is 4.01. The van der Waals surface area contributed by atoms with Crippen molar-refractivity contribution in [3.8, 4) is 0 Å². The zero-order valence-electron chi connectivity index (χ0n) is 14.8. The number of carbonyl (C=O) groups excluding carboxylic acids is 1. The van der Waals surface area contributed by atoms with Gasteiger partial charge in [-0.05, 0) is 43.3 Å². The van der Waals surface area contributed by atoms with Gasteiger partial charge in [0.1, 0.15) is 11.6 Å². The monoisotopic (exact) mass is 457 g/mol. The number of anilines is 1. The van der Waals surface area contributed by atoms with Crippen LogP contribution in [-0.4, -0.2) is 19.3 Å². The molecule has 0 saturated carbocycles. The van der Waals surface area contributed by atoms with Crippen molar-refractivity contribution in [3.05, 3.63) is 75.2 Å². The smallest absolute Gasteiger partial charge is 0.277 e. The second-order valence-corrected chi connectivity index (χ2v) is 9.27. The molecule has 1 amide bonds. The Morgan fingerprint density at radius 3 is 2.45 bits per heavy atom. The molecule has 0 aliphatic carbocycles. The lowest BCUT2D eigenvalue weighted by Gasteiger charge is -2.30. The van der Waals surface area contributed by atoms with Crippen LogP contribution < -0.4 is 10.0 Å². The lowest BCUT2D eigenvalue weighted by molar-refractivity contribution is 0.1000. The van der Waals surface area contributed by atoms with Gasteiger partial charge < -0.3 is 5.73 Å². The van der Waals surface area contributed by atoms with Crippen LogP contribution in [0.3, 0.4) is 0 Å². The van der Waals surface area contributed by atoms with E-state index in [4.69, 9.17) is 17.3 Å². The first-order chi connectivity index (χ1) is 13.6. The zero-order chi connectivity index (χ0) is 21.3. The molecule has 152 valence electrons. The van der Waals surface area contributed by atoms with Crippen molar-refractivity contribution >= 4 is 44.6 Å². The Labute approximate surface area is 174 Å². The predicted octanol–water partition coefficient (Wildman–Crippen LogP) is 4.13. The van der Waals surface area contributed by atoms with E-state index in [2.05, 4.69) is 4.98 Å². The van der Waals surface area contributed by atoms with Gasteiger partial charge in [0, 0.05) is 22.2 Å². The second-order valence-electron chi connectivity index (χ2n) is 5.96. The third kappa shape index (κ3) is 4.24. The second kappa shape index (κ2) is 8.05. The van der Waals surface area contributed by atoms with Gasteiger partial charge in [-0.1, -0.05) is 11.6 Å². The highest BCUT2D eigenvalue weighted by Gasteiger charge is 2.33. The van der Waals surface area contributed by atoms with Gasteiger partial charge in [-0.25, -0.2) is 22.2 Å². The van der Waals surface area contributed by atoms with E-state index in [9.17, 15) is 22.0 Å². The van der Waals surface area contributed by atoms with E-state index in [1.54, 1.807) is 0 Å². The summed E-state index contributed by atoms with van der Waals surface area (Å²) in [5.41, 5.74) is 4.72. The molecule has 2 N–H and O–H groups in total. The maximum Gasteiger partial charge on any atom is 0.277 e. The van der Waals surface area contributed by atoms with Crippen molar-refractivity contribution in [1.82, 2.24) is 4.98 Å². The van der Waals surface area contributed by atoms with Gasteiger partial charge in [0.15, 0.2) is 5.01 Å². The maximum absolute atomic E-state index is 14.6. The van der Waals surface area contributed by atoms with Crippen molar-refractivity contribution in [2.75, 3.05) is 4.31 Å². The van der Waals surface area contributed by atoms with E-state index < -0.39 is 39.3 Å². The van der Waals surface area contributed by atoms with Gasteiger partial charge in [-0.15, -0.1) is 11.3 Å². The number of amides is 1. The van der Waals surface area contributed by atoms with Gasteiger partial charge in [0.05, 0.1) is 16.6 Å². The molecule has 0 bridgehead atoms. The molecule has 1 heterocycles. The Hall–Kier alpha value is -2.56. The number of aromatic nitrogens is 1. The van der Waals surface area contributed by atoms with Gasteiger partial charge >= 0.3 is 0 Å². The van der Waals surface area contributed by atoms with Crippen LogP contribution >= 0.6 is 22.9 Å². The summed E-state index contributed by atoms with van der Waals surface area (Å²) >= 11 is 6.69. The summed E-state index contributed by atoms with van der Waals surface area (Å²) < 4.78 is 55.9. The van der Waals surface area contributed by atoms with E-state index in [1.807, 2.05) is 0 Å². The van der Waals surface area contributed by atoms with Gasteiger partial charge in [0.25, 0.3) is 15.9 Å². The number of nitrogens with two attached hydrogens (primary N) is 1. The van der Waals surface area contributed by atoms with E-state index in [0.717, 1.165) is 33.8 Å². The Morgan fingerprint density at radius 2 is 1.86 bits per heavy atom. The average Bonchev–Trinajstić information content (AvgIpc) is 3.15. The first-order valence-electron chi connectivity index (χ1n) is 8.12. The predicted molar refractivity (Wildman–Crippen MR) is 107 cm³/mol. The highest BCUT2D eigenvalue weighted by Crippen LogP contribution is 2.37. The Morgan fingerprint density at radius 1 is 1.21 bits per heavy atom. The Bertz CT molecular complexity index is 1170. The van der Waals surface area contributed by atoms with Crippen molar-refractivity contribution in [2.45, 2.75) is 17.9 Å². The molecule has 29 heavy (non-hydrogen) atoms. The fourth-order valence-electron chi connectivity index (χ4n) is 2.63. The average molecular weight is 458 g/mol. The standard InChI is InChI=1S/C18H14ClF2N3O3S2/c1-10(16-9-23-18(28-16)17(22)25)24(15-8-12(20)4-7-14(15)21)29(26,27)13-5-2-11(19)3-6-13/h2-10H,1H3,(H2,22,25). The molecule has 2 aromatic carbocycles. The molecule has 1 aromatic heterocycles. The van der Waals surface area contributed by atoms with Crippen LogP contribution in [0.15, 0.2) is 53.6 Å². The van der Waals surface area contributed by atoms with Crippen LogP contribution in [0.5, 0.6) is 0 Å². The number of sulfonamides is 1. The Kier molecular flexibility index (Phi) is 5.87. The highest BCUT2D eigenvalue weighted by molar-refractivity contribution is 7.92. The van der Waals surface area contributed by atoms with E-state index in [0.29, 0.717) is 9.90 Å². The van der Waals surface area contributed by atoms with Crippen molar-refractivity contribution in [1.29, 1.82) is 0 Å². The maximum atomic E-state index is 14.6. The molecule has 0 spiro atoms. The number of carbonyl (C=O) groups is 1. The van der Waals surface area contributed by atoms with Crippen LogP contribution in [0.25, 0.3) is 0 Å². The molecule has 1 atom stereocenters. The summed E-state index contributed by atoms with van der Waals surface area (Å²) in [5, 5.41) is 0.282. The summed E-state index contributed by atoms with van der Waals surface area (Å²) in [6.07, 6.45) is 1.27. The minimum absolute atomic E-state index is 0.0320. The normalized spacial score (nSPS) is 12.6. The van der Waals surface area contributed by atoms with Gasteiger partial charge in [-0.2, -0.15) is 0 Å². The SMILES string of the molecule is CC(c1cnc(C(N)=O)s1)N(c1cc(F)ccc1F)S(=O)(=O)c1ccc(Cl)cc1. The summed E-state index contributed by atoms with van der Waals surface area (Å²) in [6.45, 7) is 1.47. The molecular weight excluding hydrogens is 444 g/mol. The summed E-state index contributed by atoms with van der Waals surface area (Å²) in [7, 11) is -4.34. The third-order valence-corrected chi connectivity index (χ3v) is 7.35. The molecule has 0 fully saturated rings. The molecule has 0 radical (unpaired) electrons. The van der Waals surface area contributed by atoms with Gasteiger partial charge in [0.2, 0.25) is 0 Å². The minimum atomic E-state index is -4.34. The van der Waals surface area contributed by atoms with Crippen LogP contribution in [0.1, 0.15) is 27.6 Å². The number of hydrogen-bond donors (Lipinski definition) is 1. The van der Waals surface area contributed by atoms with Gasteiger partial charge in [-0.3, -0.25) is 9.10 Å². The number of nitrogens with zero attached hydrogens (tertiary/aromatic N) is 2. The first-order valence-corrected chi connectivity index (χ1v) is 10.8. The molecule has 0 saturated heterocycles. The minimum Gasteiger partial charge on any atom is -0.364 e. The molecule has 0 aliphatic heterocycles. The first kappa shape index (κ1) is 21.2. The fraction of sp³-hybridized carbons (Fsp3) is 0.111. The molecule has 0 aliphatic rings. The number of halogens is 3. The summed E-state index contributed by atoms with van der Waals surface area (Å²) in [4.78, 5) is 15.3. The summed E-state index contributed by atoms with van der Waals surface area (Å²) in [6, 6.07) is 6.76. The summed E-state index contributed by atoms with van der Waals surface area (Å²) in [5.74, 6) is -2.53. The molecule has 1 unspecified atom stereocenters. The van der Waals surface area contributed by atoms with E-state index >= 15 is 0 Å². The number of rotatable bonds is 6. The topological polar surface area (TPSA) is 93.4 Å². The van der Waals surface area contributed by atoms with Crippen LogP contribution in [0, 0.1) is 11.6 Å². The molecule has 3 rings (SSSR count). The zero-order valence-corrected chi connectivity index (χ0v) is 17.2. The van der Waals surface area contributed by atoms with E-state index in [-0.39, 0.29) is 9.90 Å².